The standard InChI is InChI=1S/C19H16F2N2O3/c1-23(15-7-3-5-13(11-15)12-22)17(24)10-9-14-6-4-8-16(25-2)18(14)26-19(20)21/h3-11,19H,1-2H3/b10-9+. The quantitative estimate of drug-likeness (QED) is 0.736. The van der Waals surface area contributed by atoms with Crippen LogP contribution < -0.4 is 14.4 Å². The zero-order chi connectivity index (χ0) is 19.1. The molecule has 26 heavy (non-hydrogen) atoms. The molecule has 0 heterocycles. The van der Waals surface area contributed by atoms with Crippen LogP contribution in [0, 0.1) is 11.3 Å². The van der Waals surface area contributed by atoms with Crippen molar-refractivity contribution in [2.75, 3.05) is 19.1 Å². The van der Waals surface area contributed by atoms with Gasteiger partial charge >= 0.3 is 6.61 Å². The molecule has 0 aliphatic rings. The van der Waals surface area contributed by atoms with Crippen LogP contribution >= 0.6 is 0 Å². The number of ether oxygens (including phenoxy) is 2. The monoisotopic (exact) mass is 358 g/mol. The Kier molecular flexibility index (Phi) is 6.28. The van der Waals surface area contributed by atoms with E-state index in [2.05, 4.69) is 4.74 Å². The molecule has 0 fully saturated rings. The van der Waals surface area contributed by atoms with E-state index in [9.17, 15) is 13.6 Å². The van der Waals surface area contributed by atoms with Gasteiger partial charge in [0.05, 0.1) is 18.7 Å². The molecule has 0 spiro atoms. The number of carbonyl (C=O) groups excluding carboxylic acids is 1. The van der Waals surface area contributed by atoms with Gasteiger partial charge in [0.25, 0.3) is 5.91 Å². The normalized spacial score (nSPS) is 10.6. The van der Waals surface area contributed by atoms with Crippen LogP contribution in [-0.4, -0.2) is 26.7 Å². The molecule has 134 valence electrons. The minimum Gasteiger partial charge on any atom is -0.493 e. The van der Waals surface area contributed by atoms with Gasteiger partial charge in [0, 0.05) is 24.4 Å². The molecule has 5 nitrogen and oxygen atoms in total. The first kappa shape index (κ1) is 18.9. The van der Waals surface area contributed by atoms with Crippen molar-refractivity contribution in [2.45, 2.75) is 6.61 Å². The van der Waals surface area contributed by atoms with Gasteiger partial charge < -0.3 is 14.4 Å². The minimum absolute atomic E-state index is 0.134. The minimum atomic E-state index is -3.02. The molecule has 2 rings (SSSR count). The van der Waals surface area contributed by atoms with Crippen molar-refractivity contribution < 1.29 is 23.0 Å². The van der Waals surface area contributed by atoms with Crippen molar-refractivity contribution in [3.05, 3.63) is 59.7 Å². The van der Waals surface area contributed by atoms with Gasteiger partial charge in [-0.15, -0.1) is 0 Å². The Morgan fingerprint density at radius 2 is 2.00 bits per heavy atom. The lowest BCUT2D eigenvalue weighted by Crippen LogP contribution is -2.23. The molecule has 0 saturated heterocycles. The van der Waals surface area contributed by atoms with Crippen molar-refractivity contribution >= 4 is 17.7 Å². The second kappa shape index (κ2) is 8.62. The Morgan fingerprint density at radius 1 is 1.27 bits per heavy atom. The molecule has 7 heteroatoms. The van der Waals surface area contributed by atoms with Crippen LogP contribution in [0.2, 0.25) is 0 Å². The summed E-state index contributed by atoms with van der Waals surface area (Å²) in [5, 5.41) is 8.93. The Morgan fingerprint density at radius 3 is 2.65 bits per heavy atom. The van der Waals surface area contributed by atoms with Crippen molar-refractivity contribution in [3.8, 4) is 17.6 Å². The highest BCUT2D eigenvalue weighted by Crippen LogP contribution is 2.33. The van der Waals surface area contributed by atoms with Crippen LogP contribution in [0.15, 0.2) is 48.5 Å². The zero-order valence-corrected chi connectivity index (χ0v) is 14.1. The number of halogens is 2. The Hall–Kier alpha value is -3.40. The average molecular weight is 358 g/mol. The molecule has 0 aromatic heterocycles. The zero-order valence-electron chi connectivity index (χ0n) is 14.1. The first-order valence-electron chi connectivity index (χ1n) is 7.54. The van der Waals surface area contributed by atoms with E-state index in [1.807, 2.05) is 6.07 Å². The number of carbonyl (C=O) groups is 1. The third-order valence-electron chi connectivity index (χ3n) is 3.53. The molecule has 1 amide bonds. The van der Waals surface area contributed by atoms with Crippen molar-refractivity contribution in [2.24, 2.45) is 0 Å². The van der Waals surface area contributed by atoms with Crippen LogP contribution in [0.25, 0.3) is 6.08 Å². The van der Waals surface area contributed by atoms with E-state index < -0.39 is 12.5 Å². The fourth-order valence-electron chi connectivity index (χ4n) is 2.22. The molecule has 2 aromatic rings. The van der Waals surface area contributed by atoms with Gasteiger partial charge in [0.1, 0.15) is 0 Å². The number of anilines is 1. The van der Waals surface area contributed by atoms with E-state index in [0.29, 0.717) is 11.3 Å². The molecule has 0 unspecified atom stereocenters. The molecule has 2 aromatic carbocycles. The topological polar surface area (TPSA) is 62.6 Å². The molecule has 0 saturated carbocycles. The summed E-state index contributed by atoms with van der Waals surface area (Å²) in [5.74, 6) is -0.413. The molecule has 0 aliphatic heterocycles. The number of para-hydroxylation sites is 1. The lowest BCUT2D eigenvalue weighted by atomic mass is 10.1. The summed E-state index contributed by atoms with van der Waals surface area (Å²) < 4.78 is 34.8. The van der Waals surface area contributed by atoms with E-state index in [-0.39, 0.29) is 17.1 Å². The van der Waals surface area contributed by atoms with Crippen molar-refractivity contribution in [1.29, 1.82) is 5.26 Å². The maximum atomic E-state index is 12.6. The van der Waals surface area contributed by atoms with E-state index in [4.69, 9.17) is 10.00 Å². The number of hydrogen-bond donors (Lipinski definition) is 0. The number of rotatable bonds is 6. The van der Waals surface area contributed by atoms with E-state index >= 15 is 0 Å². The van der Waals surface area contributed by atoms with Gasteiger partial charge in [0.15, 0.2) is 11.5 Å². The lowest BCUT2D eigenvalue weighted by Gasteiger charge is -2.16. The van der Waals surface area contributed by atoms with Gasteiger partial charge in [-0.05, 0) is 30.3 Å². The van der Waals surface area contributed by atoms with Crippen LogP contribution in [0.4, 0.5) is 14.5 Å². The summed E-state index contributed by atoms with van der Waals surface area (Å²) in [4.78, 5) is 13.7. The number of nitriles is 1. The molecule has 0 N–H and O–H groups in total. The third-order valence-corrected chi connectivity index (χ3v) is 3.53. The first-order valence-corrected chi connectivity index (χ1v) is 7.54. The fraction of sp³-hybridized carbons (Fsp3) is 0.158. The summed E-state index contributed by atoms with van der Waals surface area (Å²) in [7, 11) is 2.88. The highest BCUT2D eigenvalue weighted by atomic mass is 19.3. The van der Waals surface area contributed by atoms with Gasteiger partial charge in [0.2, 0.25) is 0 Å². The van der Waals surface area contributed by atoms with Gasteiger partial charge in [-0.25, -0.2) is 0 Å². The predicted octanol–water partition coefficient (Wildman–Crippen LogP) is 3.84. The number of likely N-dealkylation sites (N-methyl/N-ethyl adjacent to an activating group) is 1. The Bertz CT molecular complexity index is 860. The highest BCUT2D eigenvalue weighted by molar-refractivity contribution is 6.03. The number of methoxy groups -OCH3 is 1. The Balaban J connectivity index is 2.26. The van der Waals surface area contributed by atoms with Crippen molar-refractivity contribution in [1.82, 2.24) is 0 Å². The molecule has 0 bridgehead atoms. The van der Waals surface area contributed by atoms with E-state index in [1.165, 1.54) is 36.3 Å². The largest absolute Gasteiger partial charge is 0.493 e. The van der Waals surface area contributed by atoms with Crippen LogP contribution in [0.5, 0.6) is 11.5 Å². The van der Waals surface area contributed by atoms with Gasteiger partial charge in [-0.3, -0.25) is 4.79 Å². The maximum Gasteiger partial charge on any atom is 0.387 e. The number of hydrogen-bond acceptors (Lipinski definition) is 4. The van der Waals surface area contributed by atoms with Gasteiger partial charge in [-0.2, -0.15) is 14.0 Å². The second-order valence-electron chi connectivity index (χ2n) is 5.15. The maximum absolute atomic E-state index is 12.6. The average Bonchev–Trinajstić information content (AvgIpc) is 2.65. The third kappa shape index (κ3) is 4.57. The first-order chi connectivity index (χ1) is 12.5. The lowest BCUT2D eigenvalue weighted by molar-refractivity contribution is -0.113. The summed E-state index contributed by atoms with van der Waals surface area (Å²) in [6.07, 6.45) is 2.60. The molecule has 0 atom stereocenters. The summed E-state index contributed by atoms with van der Waals surface area (Å²) in [6.45, 7) is -3.02. The number of amides is 1. The molecular weight excluding hydrogens is 342 g/mol. The molecule has 0 radical (unpaired) electrons. The predicted molar refractivity (Wildman–Crippen MR) is 93.2 cm³/mol. The van der Waals surface area contributed by atoms with Crippen molar-refractivity contribution in [3.63, 3.8) is 0 Å². The van der Waals surface area contributed by atoms with E-state index in [1.54, 1.807) is 37.4 Å². The molecular formula is C19H16F2N2O3. The summed E-state index contributed by atoms with van der Waals surface area (Å²) in [5.41, 5.74) is 1.23. The van der Waals surface area contributed by atoms with Crippen LogP contribution in [0.3, 0.4) is 0 Å². The van der Waals surface area contributed by atoms with E-state index in [0.717, 1.165) is 0 Å². The SMILES string of the molecule is COc1cccc(/C=C/C(=O)N(C)c2cccc(C#N)c2)c1OC(F)F. The van der Waals surface area contributed by atoms with Crippen LogP contribution in [-0.2, 0) is 4.79 Å². The molecule has 0 aliphatic carbocycles. The Labute approximate surface area is 149 Å². The van der Waals surface area contributed by atoms with Crippen LogP contribution in [0.1, 0.15) is 11.1 Å². The number of nitrogens with zero attached hydrogens (tertiary/aromatic N) is 2. The summed E-state index contributed by atoms with van der Waals surface area (Å²) >= 11 is 0. The fourth-order valence-corrected chi connectivity index (χ4v) is 2.22. The second-order valence-corrected chi connectivity index (χ2v) is 5.15. The highest BCUT2D eigenvalue weighted by Gasteiger charge is 2.14. The number of benzene rings is 2. The smallest absolute Gasteiger partial charge is 0.387 e. The summed E-state index contributed by atoms with van der Waals surface area (Å²) in [6, 6.07) is 13.2. The number of alkyl halides is 2. The van der Waals surface area contributed by atoms with Gasteiger partial charge in [-0.1, -0.05) is 18.2 Å².